The van der Waals surface area contributed by atoms with Gasteiger partial charge < -0.3 is 4.74 Å². The van der Waals surface area contributed by atoms with Crippen LogP contribution in [0.2, 0.25) is 0 Å². The van der Waals surface area contributed by atoms with Crippen molar-refractivity contribution in [1.82, 2.24) is 14.7 Å². The Morgan fingerprint density at radius 2 is 1.63 bits per heavy atom. The van der Waals surface area contributed by atoms with Gasteiger partial charge in [-0.15, -0.1) is 0 Å². The zero-order valence-corrected chi connectivity index (χ0v) is 22.5. The molecule has 1 saturated carbocycles. The van der Waals surface area contributed by atoms with Gasteiger partial charge in [0.1, 0.15) is 16.7 Å². The van der Waals surface area contributed by atoms with Crippen LogP contribution in [0.1, 0.15) is 36.8 Å². The maximum Gasteiger partial charge on any atom is 0.266 e. The number of thiocarbonyl (C=S) groups is 1. The molecule has 2 aliphatic rings. The Balaban J connectivity index is 1.31. The van der Waals surface area contributed by atoms with Gasteiger partial charge in [-0.25, -0.2) is 4.68 Å². The van der Waals surface area contributed by atoms with Crippen molar-refractivity contribution in [3.8, 4) is 22.7 Å². The average molecular weight is 538 g/mol. The fourth-order valence-electron chi connectivity index (χ4n) is 4.98. The third kappa shape index (κ3) is 5.17. The number of carbonyl (C=O) groups is 1. The summed E-state index contributed by atoms with van der Waals surface area (Å²) in [6, 6.07) is 28.3. The predicted molar refractivity (Wildman–Crippen MR) is 157 cm³/mol. The second-order valence-corrected chi connectivity index (χ2v) is 11.2. The first kappa shape index (κ1) is 24.6. The van der Waals surface area contributed by atoms with Gasteiger partial charge >= 0.3 is 0 Å². The number of benzene rings is 3. The molecule has 2 heterocycles. The maximum absolute atomic E-state index is 13.4. The van der Waals surface area contributed by atoms with Crippen LogP contribution in [-0.4, -0.2) is 30.9 Å². The molecule has 0 bridgehead atoms. The lowest BCUT2D eigenvalue weighted by Crippen LogP contribution is -2.36. The number of carbonyl (C=O) groups excluding carboxylic acids is 1. The molecule has 1 saturated heterocycles. The van der Waals surface area contributed by atoms with Gasteiger partial charge in [0.2, 0.25) is 0 Å². The minimum atomic E-state index is 0.00923. The lowest BCUT2D eigenvalue weighted by molar-refractivity contribution is -0.123. The highest BCUT2D eigenvalue weighted by molar-refractivity contribution is 8.26. The molecule has 0 N–H and O–H groups in total. The summed E-state index contributed by atoms with van der Waals surface area (Å²) in [4.78, 5) is 15.9. The zero-order valence-electron chi connectivity index (χ0n) is 20.8. The van der Waals surface area contributed by atoms with E-state index in [9.17, 15) is 4.79 Å². The van der Waals surface area contributed by atoms with Gasteiger partial charge in [0.15, 0.2) is 0 Å². The molecular weight excluding hydrogens is 510 g/mol. The molecule has 0 spiro atoms. The summed E-state index contributed by atoms with van der Waals surface area (Å²) in [7, 11) is 0. The molecule has 0 atom stereocenters. The Kier molecular flexibility index (Phi) is 7.12. The van der Waals surface area contributed by atoms with Crippen molar-refractivity contribution in [2.45, 2.75) is 38.3 Å². The summed E-state index contributed by atoms with van der Waals surface area (Å²) >= 11 is 7.01. The van der Waals surface area contributed by atoms with Gasteiger partial charge in [-0.3, -0.25) is 9.69 Å². The van der Waals surface area contributed by atoms with Gasteiger partial charge in [0.25, 0.3) is 5.91 Å². The van der Waals surface area contributed by atoms with Crippen LogP contribution in [0.4, 0.5) is 0 Å². The number of amides is 1. The number of thioether (sulfide) groups is 1. The van der Waals surface area contributed by atoms with Crippen LogP contribution < -0.4 is 4.74 Å². The Morgan fingerprint density at radius 1 is 0.947 bits per heavy atom. The number of ether oxygens (including phenoxy) is 1. The fraction of sp³-hybridized carbons (Fsp3) is 0.194. The molecule has 38 heavy (non-hydrogen) atoms. The Labute approximate surface area is 232 Å². The summed E-state index contributed by atoms with van der Waals surface area (Å²) in [5.41, 5.74) is 4.70. The number of nitrogens with zero attached hydrogens (tertiary/aromatic N) is 3. The quantitative estimate of drug-likeness (QED) is 0.183. The molecule has 1 aliphatic carbocycles. The molecule has 6 rings (SSSR count). The summed E-state index contributed by atoms with van der Waals surface area (Å²) in [5.74, 6) is 0.800. The summed E-state index contributed by atoms with van der Waals surface area (Å²) in [6.45, 7) is 0.511. The van der Waals surface area contributed by atoms with E-state index in [2.05, 4.69) is 0 Å². The first-order valence-corrected chi connectivity index (χ1v) is 14.1. The maximum atomic E-state index is 13.4. The van der Waals surface area contributed by atoms with Crippen LogP contribution in [0.25, 0.3) is 23.0 Å². The summed E-state index contributed by atoms with van der Waals surface area (Å²) in [6.07, 6.45) is 8.27. The first-order valence-electron chi connectivity index (χ1n) is 12.8. The van der Waals surface area contributed by atoms with E-state index in [1.54, 1.807) is 0 Å². The van der Waals surface area contributed by atoms with Gasteiger partial charge in [-0.2, -0.15) is 5.10 Å². The van der Waals surface area contributed by atoms with Crippen molar-refractivity contribution < 1.29 is 9.53 Å². The smallest absolute Gasteiger partial charge is 0.266 e. The largest absolute Gasteiger partial charge is 0.489 e. The van der Waals surface area contributed by atoms with E-state index in [-0.39, 0.29) is 11.9 Å². The van der Waals surface area contributed by atoms with Crippen molar-refractivity contribution in [2.75, 3.05) is 0 Å². The highest BCUT2D eigenvalue weighted by Crippen LogP contribution is 2.39. The number of hydrogen-bond acceptors (Lipinski definition) is 5. The SMILES string of the molecule is O=C1/C(=C/c2cn(-c3ccccc3)nc2-c2ccc(OCc3ccccc3)cc2)SC(=S)N1C1CCCC1. The van der Waals surface area contributed by atoms with Crippen LogP contribution in [-0.2, 0) is 11.4 Å². The van der Waals surface area contributed by atoms with Gasteiger partial charge in [0.05, 0.1) is 16.3 Å². The number of hydrogen-bond donors (Lipinski definition) is 0. The Morgan fingerprint density at radius 3 is 2.34 bits per heavy atom. The van der Waals surface area contributed by atoms with Gasteiger partial charge in [-0.05, 0) is 60.9 Å². The van der Waals surface area contributed by atoms with Crippen molar-refractivity contribution in [2.24, 2.45) is 0 Å². The van der Waals surface area contributed by atoms with Crippen molar-refractivity contribution in [3.63, 3.8) is 0 Å². The monoisotopic (exact) mass is 537 g/mol. The highest BCUT2D eigenvalue weighted by atomic mass is 32.2. The van der Waals surface area contributed by atoms with E-state index in [4.69, 9.17) is 22.1 Å². The predicted octanol–water partition coefficient (Wildman–Crippen LogP) is 7.26. The number of para-hydroxylation sites is 1. The molecule has 2 fully saturated rings. The van der Waals surface area contributed by atoms with E-state index in [0.29, 0.717) is 15.8 Å². The number of aromatic nitrogens is 2. The molecule has 1 amide bonds. The third-order valence-corrected chi connectivity index (χ3v) is 8.27. The Bertz CT molecular complexity index is 1470. The molecule has 0 radical (unpaired) electrons. The molecule has 1 aliphatic heterocycles. The first-order chi connectivity index (χ1) is 18.7. The molecule has 5 nitrogen and oxygen atoms in total. The van der Waals surface area contributed by atoms with E-state index in [0.717, 1.165) is 59.5 Å². The standard InChI is InChI=1S/C31H27N3O2S2/c35-30-28(38-31(37)34(30)26-13-7-8-14-26)19-24-20-33(25-11-5-2-6-12-25)32-29(24)23-15-17-27(18-16-23)36-21-22-9-3-1-4-10-22/h1-6,9-12,15-20,26H,7-8,13-14,21H2/b28-19-. The van der Waals surface area contributed by atoms with Crippen LogP contribution >= 0.6 is 24.0 Å². The zero-order chi connectivity index (χ0) is 25.9. The summed E-state index contributed by atoms with van der Waals surface area (Å²) < 4.78 is 8.49. The molecule has 3 aromatic carbocycles. The minimum Gasteiger partial charge on any atom is -0.489 e. The van der Waals surface area contributed by atoms with E-state index >= 15 is 0 Å². The number of rotatable bonds is 7. The van der Waals surface area contributed by atoms with E-state index < -0.39 is 0 Å². The third-order valence-electron chi connectivity index (χ3n) is 6.94. The van der Waals surface area contributed by atoms with Crippen molar-refractivity contribution in [1.29, 1.82) is 0 Å². The second kappa shape index (κ2) is 11.0. The summed E-state index contributed by atoms with van der Waals surface area (Å²) in [5, 5.41) is 4.92. The average Bonchev–Trinajstić information content (AvgIpc) is 3.69. The van der Waals surface area contributed by atoms with Gasteiger partial charge in [-0.1, -0.05) is 85.4 Å². The van der Waals surface area contributed by atoms with Crippen LogP contribution in [0, 0.1) is 0 Å². The minimum absolute atomic E-state index is 0.00923. The molecule has 1 aromatic heterocycles. The van der Waals surface area contributed by atoms with E-state index in [1.807, 2.05) is 107 Å². The molecule has 4 aromatic rings. The normalized spacial score (nSPS) is 17.1. The molecular formula is C31H27N3O2S2. The van der Waals surface area contributed by atoms with Crippen molar-refractivity contribution in [3.05, 3.63) is 107 Å². The lowest BCUT2D eigenvalue weighted by Gasteiger charge is -2.21. The van der Waals surface area contributed by atoms with Crippen LogP contribution in [0.3, 0.4) is 0 Å². The fourth-order valence-corrected chi connectivity index (χ4v) is 6.37. The highest BCUT2D eigenvalue weighted by Gasteiger charge is 2.38. The van der Waals surface area contributed by atoms with Crippen molar-refractivity contribution >= 4 is 40.3 Å². The van der Waals surface area contributed by atoms with E-state index in [1.165, 1.54) is 11.8 Å². The van der Waals surface area contributed by atoms with Crippen LogP contribution in [0.15, 0.2) is 96.0 Å². The molecule has 0 unspecified atom stereocenters. The molecule has 7 heteroatoms. The van der Waals surface area contributed by atoms with Gasteiger partial charge in [0, 0.05) is 23.4 Å². The Hall–Kier alpha value is -3.68. The van der Waals surface area contributed by atoms with Crippen LogP contribution in [0.5, 0.6) is 5.75 Å². The topological polar surface area (TPSA) is 47.4 Å². The second-order valence-electron chi connectivity index (χ2n) is 9.50. The lowest BCUT2D eigenvalue weighted by atomic mass is 10.1. The molecule has 190 valence electrons.